The molecule has 1 atom stereocenters. The molecule has 2 rings (SSSR count). The molecule has 1 aliphatic rings. The first-order chi connectivity index (χ1) is 9.33. The Labute approximate surface area is 122 Å². The SMILES string of the molecule is CCNc1nc(Cl)c2n(c1=O)[C@H](C(=O)OC)CC2(C)C. The zero-order chi connectivity index (χ0) is 15.1. The van der Waals surface area contributed by atoms with Crippen LogP contribution in [0.3, 0.4) is 0 Å². The lowest BCUT2D eigenvalue weighted by Crippen LogP contribution is -2.31. The highest BCUT2D eigenvalue weighted by atomic mass is 35.5. The standard InChI is InChI=1S/C13H18ClN3O3/c1-5-15-10-11(18)17-7(12(19)20-4)6-13(2,3)8(17)9(14)16-10/h7H,5-6H2,1-4H3,(H,15,16)/t7-/m0/s1. The topological polar surface area (TPSA) is 73.2 Å². The summed E-state index contributed by atoms with van der Waals surface area (Å²) in [7, 11) is 1.31. The second-order valence-corrected chi connectivity index (χ2v) is 5.79. The molecule has 1 aromatic rings. The van der Waals surface area contributed by atoms with Crippen LogP contribution in [0.4, 0.5) is 5.82 Å². The van der Waals surface area contributed by atoms with Crippen molar-refractivity contribution in [3.63, 3.8) is 0 Å². The monoisotopic (exact) mass is 299 g/mol. The summed E-state index contributed by atoms with van der Waals surface area (Å²) in [4.78, 5) is 28.5. The Bertz CT molecular complexity index is 610. The molecule has 1 aliphatic heterocycles. The van der Waals surface area contributed by atoms with E-state index in [9.17, 15) is 9.59 Å². The first-order valence-electron chi connectivity index (χ1n) is 6.47. The minimum absolute atomic E-state index is 0.160. The van der Waals surface area contributed by atoms with Gasteiger partial charge in [-0.05, 0) is 13.3 Å². The van der Waals surface area contributed by atoms with Gasteiger partial charge in [0.25, 0.3) is 5.56 Å². The van der Waals surface area contributed by atoms with Crippen molar-refractivity contribution < 1.29 is 9.53 Å². The quantitative estimate of drug-likeness (QED) is 0.860. The summed E-state index contributed by atoms with van der Waals surface area (Å²) in [6.07, 6.45) is 0.464. The molecule has 0 saturated carbocycles. The van der Waals surface area contributed by atoms with Crippen molar-refractivity contribution in [1.82, 2.24) is 9.55 Å². The Morgan fingerprint density at radius 3 is 2.80 bits per heavy atom. The molecule has 0 unspecified atom stereocenters. The number of ether oxygens (including phenoxy) is 1. The predicted molar refractivity (Wildman–Crippen MR) is 76.4 cm³/mol. The number of esters is 1. The van der Waals surface area contributed by atoms with E-state index in [2.05, 4.69) is 10.3 Å². The molecule has 1 N–H and O–H groups in total. The first-order valence-corrected chi connectivity index (χ1v) is 6.85. The van der Waals surface area contributed by atoms with E-state index >= 15 is 0 Å². The lowest BCUT2D eigenvalue weighted by atomic mass is 9.87. The highest BCUT2D eigenvalue weighted by Crippen LogP contribution is 2.43. The van der Waals surface area contributed by atoms with Crippen LogP contribution < -0.4 is 10.9 Å². The number of hydrogen-bond acceptors (Lipinski definition) is 5. The van der Waals surface area contributed by atoms with Crippen molar-refractivity contribution >= 4 is 23.4 Å². The van der Waals surface area contributed by atoms with Gasteiger partial charge in [-0.15, -0.1) is 0 Å². The van der Waals surface area contributed by atoms with Gasteiger partial charge < -0.3 is 10.1 Å². The second kappa shape index (κ2) is 5.09. The van der Waals surface area contributed by atoms with Crippen molar-refractivity contribution in [2.75, 3.05) is 19.0 Å². The lowest BCUT2D eigenvalue weighted by Gasteiger charge is -2.18. The number of rotatable bonds is 3. The van der Waals surface area contributed by atoms with E-state index in [1.54, 1.807) is 0 Å². The van der Waals surface area contributed by atoms with E-state index in [4.69, 9.17) is 16.3 Å². The van der Waals surface area contributed by atoms with Gasteiger partial charge >= 0.3 is 5.97 Å². The van der Waals surface area contributed by atoms with Crippen LogP contribution in [0.2, 0.25) is 5.15 Å². The van der Waals surface area contributed by atoms with Gasteiger partial charge in [-0.1, -0.05) is 25.4 Å². The Kier molecular flexibility index (Phi) is 3.77. The third-order valence-corrected chi connectivity index (χ3v) is 3.81. The molecule has 0 spiro atoms. The highest BCUT2D eigenvalue weighted by molar-refractivity contribution is 6.30. The maximum Gasteiger partial charge on any atom is 0.329 e. The number of methoxy groups -OCH3 is 1. The summed E-state index contributed by atoms with van der Waals surface area (Å²) in [6.45, 7) is 6.27. The third-order valence-electron chi connectivity index (χ3n) is 3.54. The highest BCUT2D eigenvalue weighted by Gasteiger charge is 2.44. The van der Waals surface area contributed by atoms with Crippen molar-refractivity contribution in [2.24, 2.45) is 0 Å². The maximum atomic E-state index is 12.5. The van der Waals surface area contributed by atoms with Crippen LogP contribution in [0.25, 0.3) is 0 Å². The van der Waals surface area contributed by atoms with Gasteiger partial charge in [0.2, 0.25) is 0 Å². The zero-order valence-electron chi connectivity index (χ0n) is 12.0. The molecule has 1 aromatic heterocycles. The predicted octanol–water partition coefficient (Wildman–Crippen LogP) is 1.72. The summed E-state index contributed by atoms with van der Waals surface area (Å²) < 4.78 is 6.21. The molecule has 7 heteroatoms. The number of nitrogens with one attached hydrogen (secondary N) is 1. The number of carbonyl (C=O) groups is 1. The van der Waals surface area contributed by atoms with Crippen LogP contribution in [0.1, 0.15) is 38.9 Å². The largest absolute Gasteiger partial charge is 0.467 e. The van der Waals surface area contributed by atoms with E-state index in [0.717, 1.165) is 0 Å². The van der Waals surface area contributed by atoms with Crippen molar-refractivity contribution in [2.45, 2.75) is 38.6 Å². The van der Waals surface area contributed by atoms with Crippen molar-refractivity contribution in [1.29, 1.82) is 0 Å². The first kappa shape index (κ1) is 14.8. The fourth-order valence-electron chi connectivity index (χ4n) is 2.70. The van der Waals surface area contributed by atoms with Crippen LogP contribution >= 0.6 is 11.6 Å². The molecule has 0 aromatic carbocycles. The third kappa shape index (κ3) is 2.18. The summed E-state index contributed by atoms with van der Waals surface area (Å²) in [6, 6.07) is -0.657. The number of hydrogen-bond donors (Lipinski definition) is 1. The van der Waals surface area contributed by atoms with E-state index in [-0.39, 0.29) is 16.5 Å². The van der Waals surface area contributed by atoms with Gasteiger partial charge in [-0.2, -0.15) is 0 Å². The van der Waals surface area contributed by atoms with Crippen molar-refractivity contribution in [3.05, 3.63) is 21.2 Å². The smallest absolute Gasteiger partial charge is 0.329 e. The average Bonchev–Trinajstić information content (AvgIpc) is 2.67. The average molecular weight is 300 g/mol. The summed E-state index contributed by atoms with van der Waals surface area (Å²) >= 11 is 6.22. The van der Waals surface area contributed by atoms with Crippen LogP contribution in [-0.4, -0.2) is 29.2 Å². The molecule has 2 heterocycles. The normalized spacial score (nSPS) is 19.6. The zero-order valence-corrected chi connectivity index (χ0v) is 12.7. The van der Waals surface area contributed by atoms with Gasteiger partial charge in [-0.25, -0.2) is 9.78 Å². The number of carbonyl (C=O) groups excluding carboxylic acids is 1. The van der Waals surface area contributed by atoms with E-state index in [1.807, 2.05) is 20.8 Å². The maximum absolute atomic E-state index is 12.5. The Morgan fingerprint density at radius 1 is 1.60 bits per heavy atom. The van der Waals surface area contributed by atoms with Crippen LogP contribution in [-0.2, 0) is 14.9 Å². The van der Waals surface area contributed by atoms with Gasteiger partial charge in [0.05, 0.1) is 12.8 Å². The van der Waals surface area contributed by atoms with E-state index in [1.165, 1.54) is 11.7 Å². The van der Waals surface area contributed by atoms with Crippen LogP contribution in [0.15, 0.2) is 4.79 Å². The molecule has 0 saturated heterocycles. The van der Waals surface area contributed by atoms with Gasteiger partial charge in [0.15, 0.2) is 11.0 Å². The van der Waals surface area contributed by atoms with E-state index < -0.39 is 17.4 Å². The fraction of sp³-hybridized carbons (Fsp3) is 0.615. The molecule has 0 aliphatic carbocycles. The Morgan fingerprint density at radius 2 is 2.25 bits per heavy atom. The number of nitrogens with zero attached hydrogens (tertiary/aromatic N) is 2. The number of anilines is 1. The van der Waals surface area contributed by atoms with Gasteiger partial charge in [0.1, 0.15) is 6.04 Å². The number of halogens is 1. The van der Waals surface area contributed by atoms with Gasteiger partial charge in [-0.3, -0.25) is 9.36 Å². The molecular formula is C13H18ClN3O3. The van der Waals surface area contributed by atoms with Gasteiger partial charge in [0, 0.05) is 12.0 Å². The molecule has 0 amide bonds. The summed E-state index contributed by atoms with van der Waals surface area (Å²) in [5, 5.41) is 3.12. The Hall–Kier alpha value is -1.56. The number of fused-ring (bicyclic) bond motifs is 1. The van der Waals surface area contributed by atoms with Crippen molar-refractivity contribution in [3.8, 4) is 0 Å². The molecule has 0 bridgehead atoms. The molecular weight excluding hydrogens is 282 g/mol. The fourth-order valence-corrected chi connectivity index (χ4v) is 3.13. The molecule has 110 valence electrons. The minimum Gasteiger partial charge on any atom is -0.467 e. The number of aromatic nitrogens is 2. The van der Waals surface area contributed by atoms with Crippen LogP contribution in [0.5, 0.6) is 0 Å². The summed E-state index contributed by atoms with van der Waals surface area (Å²) in [5.74, 6) is -0.281. The molecule has 6 nitrogen and oxygen atoms in total. The van der Waals surface area contributed by atoms with Crippen LogP contribution in [0, 0.1) is 0 Å². The molecule has 0 radical (unpaired) electrons. The summed E-state index contributed by atoms with van der Waals surface area (Å²) in [5.41, 5.74) is -0.166. The molecule has 20 heavy (non-hydrogen) atoms. The second-order valence-electron chi connectivity index (χ2n) is 5.43. The Balaban J connectivity index is 2.70. The molecule has 0 fully saturated rings. The van der Waals surface area contributed by atoms with E-state index in [0.29, 0.717) is 18.7 Å². The minimum atomic E-state index is -0.657. The lowest BCUT2D eigenvalue weighted by molar-refractivity contribution is -0.144.